The van der Waals surface area contributed by atoms with E-state index in [1.165, 1.54) is 24.9 Å². The van der Waals surface area contributed by atoms with E-state index in [9.17, 15) is 0 Å². The fourth-order valence-electron chi connectivity index (χ4n) is 1.97. The normalized spacial score (nSPS) is 15.2. The summed E-state index contributed by atoms with van der Waals surface area (Å²) >= 11 is 12.0. The van der Waals surface area contributed by atoms with Crippen LogP contribution in [0.15, 0.2) is 18.2 Å². The molecule has 88 valence electrons. The molecule has 1 fully saturated rings. The Kier molecular flexibility index (Phi) is 3.99. The van der Waals surface area contributed by atoms with Gasteiger partial charge in [-0.1, -0.05) is 24.6 Å². The van der Waals surface area contributed by atoms with Crippen LogP contribution in [0, 0.1) is 0 Å². The van der Waals surface area contributed by atoms with Crippen LogP contribution in [0.5, 0.6) is 0 Å². The van der Waals surface area contributed by atoms with Crippen molar-refractivity contribution in [2.45, 2.75) is 38.1 Å². The lowest BCUT2D eigenvalue weighted by molar-refractivity contribution is 0.763. The van der Waals surface area contributed by atoms with Gasteiger partial charge in [-0.05, 0) is 37.0 Å². The molecule has 0 aromatic heterocycles. The van der Waals surface area contributed by atoms with Gasteiger partial charge in [-0.2, -0.15) is 0 Å². The summed E-state index contributed by atoms with van der Waals surface area (Å²) in [4.78, 5) is 2.46. The van der Waals surface area contributed by atoms with Crippen molar-refractivity contribution >= 4 is 28.9 Å². The van der Waals surface area contributed by atoms with Crippen molar-refractivity contribution < 1.29 is 0 Å². The zero-order chi connectivity index (χ0) is 11.5. The highest BCUT2D eigenvalue weighted by Crippen LogP contribution is 2.34. The molecule has 3 heteroatoms. The molecule has 1 aromatic rings. The standard InChI is InChI=1S/C13H17Cl2N/c1-2-7-16(11-5-6-11)12-4-3-10(9-14)13(15)8-12/h3-4,8,11H,2,5-7,9H2,1H3. The summed E-state index contributed by atoms with van der Waals surface area (Å²) < 4.78 is 0. The number of halogens is 2. The molecule has 0 spiro atoms. The first kappa shape index (κ1) is 12.1. The minimum Gasteiger partial charge on any atom is -0.369 e. The molecule has 1 aliphatic carbocycles. The highest BCUT2D eigenvalue weighted by atomic mass is 35.5. The first-order valence-electron chi connectivity index (χ1n) is 5.87. The Morgan fingerprint density at radius 3 is 2.62 bits per heavy atom. The van der Waals surface area contributed by atoms with Crippen LogP contribution in [-0.4, -0.2) is 12.6 Å². The summed E-state index contributed by atoms with van der Waals surface area (Å²) in [7, 11) is 0. The molecule has 0 radical (unpaired) electrons. The minimum absolute atomic E-state index is 0.482. The van der Waals surface area contributed by atoms with Crippen LogP contribution >= 0.6 is 23.2 Å². The molecule has 1 saturated carbocycles. The van der Waals surface area contributed by atoms with Crippen LogP contribution in [0.1, 0.15) is 31.7 Å². The molecular formula is C13H17Cl2N. The second-order valence-electron chi connectivity index (χ2n) is 4.33. The molecule has 0 amide bonds. The third-order valence-electron chi connectivity index (χ3n) is 2.96. The van der Waals surface area contributed by atoms with Gasteiger partial charge in [0.1, 0.15) is 0 Å². The van der Waals surface area contributed by atoms with E-state index in [-0.39, 0.29) is 0 Å². The Balaban J connectivity index is 2.20. The topological polar surface area (TPSA) is 3.24 Å². The molecule has 1 aromatic carbocycles. The molecule has 0 bridgehead atoms. The number of alkyl halides is 1. The van der Waals surface area contributed by atoms with Gasteiger partial charge >= 0.3 is 0 Å². The van der Waals surface area contributed by atoms with Crippen LogP contribution in [0.3, 0.4) is 0 Å². The maximum Gasteiger partial charge on any atom is 0.0488 e. The largest absolute Gasteiger partial charge is 0.369 e. The fraction of sp³-hybridized carbons (Fsp3) is 0.538. The number of rotatable bonds is 5. The first-order chi connectivity index (χ1) is 7.76. The Labute approximate surface area is 107 Å². The molecule has 16 heavy (non-hydrogen) atoms. The van der Waals surface area contributed by atoms with E-state index in [0.717, 1.165) is 23.2 Å². The van der Waals surface area contributed by atoms with Crippen LogP contribution in [0.25, 0.3) is 0 Å². The Morgan fingerprint density at radius 1 is 1.38 bits per heavy atom. The van der Waals surface area contributed by atoms with Crippen molar-refractivity contribution in [1.82, 2.24) is 0 Å². The van der Waals surface area contributed by atoms with Crippen molar-refractivity contribution in [1.29, 1.82) is 0 Å². The minimum atomic E-state index is 0.482. The van der Waals surface area contributed by atoms with Crippen LogP contribution in [0.4, 0.5) is 5.69 Å². The molecule has 0 heterocycles. The summed E-state index contributed by atoms with van der Waals surface area (Å²) in [5, 5.41) is 0.786. The van der Waals surface area contributed by atoms with Gasteiger partial charge in [0.15, 0.2) is 0 Å². The van der Waals surface area contributed by atoms with Gasteiger partial charge in [0.2, 0.25) is 0 Å². The summed E-state index contributed by atoms with van der Waals surface area (Å²) in [5.74, 6) is 0.482. The number of hydrogen-bond donors (Lipinski definition) is 0. The van der Waals surface area contributed by atoms with Gasteiger partial charge in [-0.25, -0.2) is 0 Å². The molecular weight excluding hydrogens is 241 g/mol. The first-order valence-corrected chi connectivity index (χ1v) is 6.78. The van der Waals surface area contributed by atoms with E-state index >= 15 is 0 Å². The quantitative estimate of drug-likeness (QED) is 0.705. The van der Waals surface area contributed by atoms with Crippen LogP contribution < -0.4 is 4.90 Å². The van der Waals surface area contributed by atoms with E-state index in [2.05, 4.69) is 17.9 Å². The van der Waals surface area contributed by atoms with E-state index in [4.69, 9.17) is 23.2 Å². The van der Waals surface area contributed by atoms with Gasteiger partial charge in [0, 0.05) is 29.2 Å². The number of benzene rings is 1. The number of hydrogen-bond acceptors (Lipinski definition) is 1. The second-order valence-corrected chi connectivity index (χ2v) is 5.01. The summed E-state index contributed by atoms with van der Waals surface area (Å²) in [5.41, 5.74) is 2.25. The van der Waals surface area contributed by atoms with Gasteiger partial charge in [0.05, 0.1) is 0 Å². The fourth-order valence-corrected chi connectivity index (χ4v) is 2.52. The predicted octanol–water partition coefficient (Wildman–Crippen LogP) is 4.46. The zero-order valence-corrected chi connectivity index (χ0v) is 11.1. The summed E-state index contributed by atoms with van der Waals surface area (Å²) in [6.45, 7) is 3.32. The van der Waals surface area contributed by atoms with Gasteiger partial charge in [-0.3, -0.25) is 0 Å². The predicted molar refractivity (Wildman–Crippen MR) is 71.7 cm³/mol. The lowest BCUT2D eigenvalue weighted by Gasteiger charge is -2.24. The Hall–Kier alpha value is -0.400. The van der Waals surface area contributed by atoms with E-state index in [1.54, 1.807) is 0 Å². The second kappa shape index (κ2) is 5.29. The maximum atomic E-state index is 6.19. The van der Waals surface area contributed by atoms with E-state index < -0.39 is 0 Å². The van der Waals surface area contributed by atoms with Crippen LogP contribution in [-0.2, 0) is 5.88 Å². The maximum absolute atomic E-state index is 6.19. The van der Waals surface area contributed by atoms with Crippen LogP contribution in [0.2, 0.25) is 5.02 Å². The summed E-state index contributed by atoms with van der Waals surface area (Å²) in [6.07, 6.45) is 3.80. The van der Waals surface area contributed by atoms with Crippen molar-refractivity contribution in [2.75, 3.05) is 11.4 Å². The van der Waals surface area contributed by atoms with Gasteiger partial charge < -0.3 is 4.90 Å². The van der Waals surface area contributed by atoms with E-state index in [1.807, 2.05) is 12.1 Å². The molecule has 0 unspecified atom stereocenters. The zero-order valence-electron chi connectivity index (χ0n) is 9.55. The molecule has 1 nitrogen and oxygen atoms in total. The summed E-state index contributed by atoms with van der Waals surface area (Å²) in [6, 6.07) is 6.96. The lowest BCUT2D eigenvalue weighted by Crippen LogP contribution is -2.26. The van der Waals surface area contributed by atoms with Crippen molar-refractivity contribution in [3.63, 3.8) is 0 Å². The van der Waals surface area contributed by atoms with Crippen molar-refractivity contribution in [3.05, 3.63) is 28.8 Å². The molecule has 1 aliphatic rings. The molecule has 2 rings (SSSR count). The smallest absolute Gasteiger partial charge is 0.0488 e. The molecule has 0 saturated heterocycles. The van der Waals surface area contributed by atoms with E-state index in [0.29, 0.717) is 5.88 Å². The molecule has 0 N–H and O–H groups in total. The highest BCUT2D eigenvalue weighted by Gasteiger charge is 2.28. The average molecular weight is 258 g/mol. The third-order valence-corrected chi connectivity index (χ3v) is 3.60. The third kappa shape index (κ3) is 2.64. The Morgan fingerprint density at radius 2 is 2.12 bits per heavy atom. The van der Waals surface area contributed by atoms with Crippen molar-refractivity contribution in [2.24, 2.45) is 0 Å². The van der Waals surface area contributed by atoms with Gasteiger partial charge in [0.25, 0.3) is 0 Å². The SMILES string of the molecule is CCCN(c1ccc(CCl)c(Cl)c1)C1CC1. The average Bonchev–Trinajstić information content (AvgIpc) is 3.09. The van der Waals surface area contributed by atoms with Gasteiger partial charge in [-0.15, -0.1) is 11.6 Å². The number of anilines is 1. The monoisotopic (exact) mass is 257 g/mol. The molecule has 0 atom stereocenters. The number of nitrogens with zero attached hydrogens (tertiary/aromatic N) is 1. The highest BCUT2D eigenvalue weighted by molar-refractivity contribution is 6.32. The van der Waals surface area contributed by atoms with Crippen molar-refractivity contribution in [3.8, 4) is 0 Å². The molecule has 0 aliphatic heterocycles. The lowest BCUT2D eigenvalue weighted by atomic mass is 10.2. The Bertz CT molecular complexity index is 361.